The fourth-order valence-corrected chi connectivity index (χ4v) is 1.61. The Labute approximate surface area is 98.9 Å². The maximum atomic E-state index is 5.19. The van der Waals surface area contributed by atoms with Crippen LogP contribution < -0.4 is 11.5 Å². The van der Waals surface area contributed by atoms with Crippen molar-refractivity contribution in [2.75, 3.05) is 0 Å². The number of guanidine groups is 1. The highest BCUT2D eigenvalue weighted by Crippen LogP contribution is 2.18. The first kappa shape index (κ1) is 11.1. The Kier molecular flexibility index (Phi) is 3.00. The average Bonchev–Trinajstić information content (AvgIpc) is 2.32. The summed E-state index contributed by atoms with van der Waals surface area (Å²) in [7, 11) is 0. The molecular weight excluding hydrogens is 214 g/mol. The van der Waals surface area contributed by atoms with Crippen LogP contribution in [0.3, 0.4) is 0 Å². The van der Waals surface area contributed by atoms with E-state index in [9.17, 15) is 0 Å². The average molecular weight is 227 g/mol. The van der Waals surface area contributed by atoms with Crippen LogP contribution in [-0.4, -0.2) is 17.2 Å². The number of hydrogen-bond acceptors (Lipinski definition) is 3. The van der Waals surface area contributed by atoms with Gasteiger partial charge in [-0.25, -0.2) is 0 Å². The zero-order valence-electron chi connectivity index (χ0n) is 9.46. The molecule has 2 aromatic rings. The molecule has 0 amide bonds. The number of fused-ring (bicyclic) bond motifs is 1. The summed E-state index contributed by atoms with van der Waals surface area (Å²) in [5.41, 5.74) is 13.4. The molecule has 0 fully saturated rings. The fraction of sp³-hybridized carbons (Fsp3) is 0.0833. The molecule has 1 aromatic carbocycles. The van der Waals surface area contributed by atoms with Crippen LogP contribution in [0.25, 0.3) is 10.9 Å². The first-order valence-electron chi connectivity index (χ1n) is 5.15. The van der Waals surface area contributed by atoms with Crippen LogP contribution in [0.2, 0.25) is 0 Å². The second kappa shape index (κ2) is 4.61. The number of aryl methyl sites for hydroxylation is 1. The lowest BCUT2D eigenvalue weighted by atomic mass is 10.1. The fourth-order valence-electron chi connectivity index (χ4n) is 1.61. The maximum absolute atomic E-state index is 5.19. The van der Waals surface area contributed by atoms with Crippen LogP contribution in [0, 0.1) is 6.92 Å². The molecule has 4 N–H and O–H groups in total. The molecule has 0 aliphatic carbocycles. The summed E-state index contributed by atoms with van der Waals surface area (Å²) in [6, 6.07) is 7.84. The van der Waals surface area contributed by atoms with Gasteiger partial charge in [0.25, 0.3) is 0 Å². The molecule has 0 spiro atoms. The minimum Gasteiger partial charge on any atom is -0.369 e. The van der Waals surface area contributed by atoms with Crippen LogP contribution in [0.1, 0.15) is 11.1 Å². The summed E-state index contributed by atoms with van der Waals surface area (Å²) < 4.78 is 0. The minimum atomic E-state index is -0.0595. The van der Waals surface area contributed by atoms with Gasteiger partial charge in [-0.15, -0.1) is 5.10 Å². The largest absolute Gasteiger partial charge is 0.369 e. The molecule has 1 aromatic heterocycles. The van der Waals surface area contributed by atoms with E-state index in [0.717, 1.165) is 22.0 Å². The maximum Gasteiger partial charge on any atom is 0.211 e. The van der Waals surface area contributed by atoms with Crippen LogP contribution in [0.4, 0.5) is 0 Å². The lowest BCUT2D eigenvalue weighted by Crippen LogP contribution is -2.21. The van der Waals surface area contributed by atoms with E-state index in [0.29, 0.717) is 0 Å². The Morgan fingerprint density at radius 3 is 2.88 bits per heavy atom. The molecular formula is C12H13N5. The minimum absolute atomic E-state index is 0.0595. The third kappa shape index (κ3) is 2.39. The van der Waals surface area contributed by atoms with Gasteiger partial charge < -0.3 is 11.5 Å². The van der Waals surface area contributed by atoms with Crippen molar-refractivity contribution in [1.29, 1.82) is 0 Å². The van der Waals surface area contributed by atoms with Crippen molar-refractivity contribution in [3.8, 4) is 0 Å². The summed E-state index contributed by atoms with van der Waals surface area (Å²) in [5.74, 6) is -0.0595. The van der Waals surface area contributed by atoms with Gasteiger partial charge in [-0.05, 0) is 18.6 Å². The van der Waals surface area contributed by atoms with E-state index in [1.165, 1.54) is 0 Å². The van der Waals surface area contributed by atoms with Crippen LogP contribution in [0.15, 0.2) is 40.7 Å². The van der Waals surface area contributed by atoms with Gasteiger partial charge in [0.2, 0.25) is 5.96 Å². The van der Waals surface area contributed by atoms with Crippen molar-refractivity contribution in [2.45, 2.75) is 6.92 Å². The predicted molar refractivity (Wildman–Crippen MR) is 69.9 cm³/mol. The van der Waals surface area contributed by atoms with Gasteiger partial charge in [-0.1, -0.05) is 18.2 Å². The lowest BCUT2D eigenvalue weighted by molar-refractivity contribution is 1.22. The smallest absolute Gasteiger partial charge is 0.211 e. The molecule has 0 aliphatic heterocycles. The SMILES string of the molecule is Cc1ccc(C=NN=C(N)N)c2cccnc12. The predicted octanol–water partition coefficient (Wildman–Crippen LogP) is 1.15. The van der Waals surface area contributed by atoms with E-state index in [4.69, 9.17) is 11.5 Å². The molecule has 0 aliphatic rings. The number of aromatic nitrogens is 1. The topological polar surface area (TPSA) is 89.6 Å². The van der Waals surface area contributed by atoms with E-state index >= 15 is 0 Å². The molecule has 1 heterocycles. The zero-order chi connectivity index (χ0) is 12.3. The normalized spacial score (nSPS) is 10.9. The van der Waals surface area contributed by atoms with Crippen molar-refractivity contribution in [3.05, 3.63) is 41.6 Å². The molecule has 86 valence electrons. The Morgan fingerprint density at radius 1 is 1.29 bits per heavy atom. The van der Waals surface area contributed by atoms with Crippen molar-refractivity contribution < 1.29 is 0 Å². The van der Waals surface area contributed by atoms with Gasteiger partial charge in [0, 0.05) is 17.1 Å². The van der Waals surface area contributed by atoms with Gasteiger partial charge in [0.05, 0.1) is 11.7 Å². The third-order valence-corrected chi connectivity index (χ3v) is 2.38. The first-order chi connectivity index (χ1) is 8.18. The van der Waals surface area contributed by atoms with Crippen molar-refractivity contribution in [3.63, 3.8) is 0 Å². The van der Waals surface area contributed by atoms with Crippen molar-refractivity contribution in [2.24, 2.45) is 21.7 Å². The number of rotatable bonds is 2. The number of hydrogen-bond donors (Lipinski definition) is 2. The van der Waals surface area contributed by atoms with Gasteiger partial charge in [0.1, 0.15) is 0 Å². The van der Waals surface area contributed by atoms with E-state index in [-0.39, 0.29) is 5.96 Å². The standard InChI is InChI=1S/C12H13N5/c1-8-4-5-9(7-16-17-12(13)14)10-3-2-6-15-11(8)10/h2-7H,1H3,(H4,13,14,17). The van der Waals surface area contributed by atoms with Crippen molar-refractivity contribution in [1.82, 2.24) is 4.98 Å². The monoisotopic (exact) mass is 227 g/mol. The second-order valence-corrected chi connectivity index (χ2v) is 3.64. The Morgan fingerprint density at radius 2 is 2.12 bits per heavy atom. The Balaban J connectivity index is 2.52. The summed E-state index contributed by atoms with van der Waals surface area (Å²) in [6.07, 6.45) is 3.38. The second-order valence-electron chi connectivity index (χ2n) is 3.64. The third-order valence-electron chi connectivity index (χ3n) is 2.38. The van der Waals surface area contributed by atoms with Gasteiger partial charge in [-0.3, -0.25) is 4.98 Å². The van der Waals surface area contributed by atoms with Crippen molar-refractivity contribution >= 4 is 23.1 Å². The summed E-state index contributed by atoms with van der Waals surface area (Å²) in [6.45, 7) is 2.02. The quantitative estimate of drug-likeness (QED) is 0.458. The lowest BCUT2D eigenvalue weighted by Gasteiger charge is -2.03. The van der Waals surface area contributed by atoms with E-state index in [2.05, 4.69) is 15.2 Å². The highest BCUT2D eigenvalue weighted by atomic mass is 15.3. The van der Waals surface area contributed by atoms with E-state index in [1.54, 1.807) is 12.4 Å². The molecule has 5 heteroatoms. The van der Waals surface area contributed by atoms with Gasteiger partial charge >= 0.3 is 0 Å². The van der Waals surface area contributed by atoms with Gasteiger partial charge in [0.15, 0.2) is 0 Å². The van der Waals surface area contributed by atoms with Crippen LogP contribution in [-0.2, 0) is 0 Å². The van der Waals surface area contributed by atoms with Crippen LogP contribution >= 0.6 is 0 Å². The summed E-state index contributed by atoms with van der Waals surface area (Å²) in [4.78, 5) is 4.34. The number of pyridine rings is 1. The molecule has 0 saturated heterocycles. The number of nitrogens with zero attached hydrogens (tertiary/aromatic N) is 3. The van der Waals surface area contributed by atoms with E-state index in [1.807, 2.05) is 31.2 Å². The zero-order valence-corrected chi connectivity index (χ0v) is 9.46. The molecule has 5 nitrogen and oxygen atoms in total. The molecule has 0 atom stereocenters. The highest BCUT2D eigenvalue weighted by Gasteiger charge is 2.01. The molecule has 2 rings (SSSR count). The number of nitrogens with two attached hydrogens (primary N) is 2. The molecule has 0 radical (unpaired) electrons. The van der Waals surface area contributed by atoms with Crippen LogP contribution in [0.5, 0.6) is 0 Å². The summed E-state index contributed by atoms with van der Waals surface area (Å²) >= 11 is 0. The Hall–Kier alpha value is -2.43. The first-order valence-corrected chi connectivity index (χ1v) is 5.15. The summed E-state index contributed by atoms with van der Waals surface area (Å²) in [5, 5.41) is 8.41. The van der Waals surface area contributed by atoms with E-state index < -0.39 is 0 Å². The molecule has 0 unspecified atom stereocenters. The molecule has 0 bridgehead atoms. The number of benzene rings is 1. The highest BCUT2D eigenvalue weighted by molar-refractivity contribution is 5.99. The molecule has 0 saturated carbocycles. The Bertz CT molecular complexity index is 597. The van der Waals surface area contributed by atoms with Gasteiger partial charge in [-0.2, -0.15) is 5.10 Å². The molecule has 17 heavy (non-hydrogen) atoms.